The molecule has 2 rings (SSSR count). The molecule has 0 spiro atoms. The van der Waals surface area contributed by atoms with Gasteiger partial charge in [-0.15, -0.1) is 11.8 Å². The second-order valence-electron chi connectivity index (χ2n) is 4.38. The van der Waals surface area contributed by atoms with Gasteiger partial charge in [-0.3, -0.25) is 0 Å². The van der Waals surface area contributed by atoms with Crippen molar-refractivity contribution in [1.82, 2.24) is 0 Å². The van der Waals surface area contributed by atoms with Crippen molar-refractivity contribution in [3.05, 3.63) is 60.7 Å². The molecule has 19 heavy (non-hydrogen) atoms. The summed E-state index contributed by atoms with van der Waals surface area (Å²) in [4.78, 5) is 1.36. The van der Waals surface area contributed by atoms with E-state index >= 15 is 0 Å². The van der Waals surface area contributed by atoms with Crippen molar-refractivity contribution in [2.24, 2.45) is 0 Å². The molecule has 0 amide bonds. The van der Waals surface area contributed by atoms with Crippen LogP contribution in [0.15, 0.2) is 65.6 Å². The first-order valence-electron chi connectivity index (χ1n) is 6.81. The van der Waals surface area contributed by atoms with Crippen molar-refractivity contribution in [2.75, 3.05) is 12.4 Å². The Morgan fingerprint density at radius 2 is 1.42 bits per heavy atom. The minimum atomic E-state index is 0.819. The topological polar surface area (TPSA) is 9.23 Å². The molecular weight excluding hydrogens is 252 g/mol. The lowest BCUT2D eigenvalue weighted by Gasteiger charge is -2.05. The number of hydrogen-bond donors (Lipinski definition) is 0. The van der Waals surface area contributed by atoms with E-state index < -0.39 is 0 Å². The van der Waals surface area contributed by atoms with E-state index in [1.54, 1.807) is 0 Å². The minimum Gasteiger partial charge on any atom is -0.494 e. The maximum absolute atomic E-state index is 5.66. The van der Waals surface area contributed by atoms with Gasteiger partial charge in [0.15, 0.2) is 0 Å². The van der Waals surface area contributed by atoms with Crippen LogP contribution in [0, 0.1) is 0 Å². The van der Waals surface area contributed by atoms with Gasteiger partial charge < -0.3 is 4.74 Å². The first kappa shape index (κ1) is 14.0. The maximum Gasteiger partial charge on any atom is 0.119 e. The summed E-state index contributed by atoms with van der Waals surface area (Å²) in [6.45, 7) is 0.819. The third kappa shape index (κ3) is 5.84. The third-order valence-electron chi connectivity index (χ3n) is 2.81. The highest BCUT2D eigenvalue weighted by Crippen LogP contribution is 2.18. The van der Waals surface area contributed by atoms with E-state index in [0.29, 0.717) is 0 Å². The van der Waals surface area contributed by atoms with Crippen LogP contribution in [0.1, 0.15) is 19.3 Å². The summed E-state index contributed by atoms with van der Waals surface area (Å²) >= 11 is 1.93. The van der Waals surface area contributed by atoms with Crippen LogP contribution in [0.4, 0.5) is 0 Å². The van der Waals surface area contributed by atoms with E-state index in [0.717, 1.165) is 18.8 Å². The van der Waals surface area contributed by atoms with Gasteiger partial charge in [0.05, 0.1) is 6.61 Å². The molecule has 0 bridgehead atoms. The largest absolute Gasteiger partial charge is 0.494 e. The highest BCUT2D eigenvalue weighted by molar-refractivity contribution is 7.99. The minimum absolute atomic E-state index is 0.819. The summed E-state index contributed by atoms with van der Waals surface area (Å²) < 4.78 is 5.66. The number of benzene rings is 2. The summed E-state index contributed by atoms with van der Waals surface area (Å²) in [5, 5.41) is 0. The Bertz CT molecular complexity index is 398. The standard InChI is InChI=1S/C17H20OS/c1-4-10-16(11-5-1)18-14-8-3-9-15-19-17-12-6-2-7-13-17/h1-2,4-7,10-13H,3,8-9,14-15H2. The van der Waals surface area contributed by atoms with E-state index in [4.69, 9.17) is 4.74 Å². The number of unbranched alkanes of at least 4 members (excludes halogenated alkanes) is 2. The zero-order chi connectivity index (χ0) is 13.2. The van der Waals surface area contributed by atoms with Gasteiger partial charge in [-0.2, -0.15) is 0 Å². The molecule has 0 heterocycles. The zero-order valence-corrected chi connectivity index (χ0v) is 11.9. The van der Waals surface area contributed by atoms with Crippen molar-refractivity contribution in [3.8, 4) is 5.75 Å². The van der Waals surface area contributed by atoms with Crippen molar-refractivity contribution < 1.29 is 4.74 Å². The second kappa shape index (κ2) is 8.65. The lowest BCUT2D eigenvalue weighted by atomic mass is 10.3. The van der Waals surface area contributed by atoms with Crippen LogP contribution in [0.5, 0.6) is 5.75 Å². The number of thioether (sulfide) groups is 1. The van der Waals surface area contributed by atoms with Crippen LogP contribution < -0.4 is 4.74 Å². The van der Waals surface area contributed by atoms with Crippen molar-refractivity contribution in [1.29, 1.82) is 0 Å². The van der Waals surface area contributed by atoms with Crippen LogP contribution in [0.2, 0.25) is 0 Å². The monoisotopic (exact) mass is 272 g/mol. The van der Waals surface area contributed by atoms with Gasteiger partial charge in [0.2, 0.25) is 0 Å². The van der Waals surface area contributed by atoms with Gasteiger partial charge in [0, 0.05) is 4.90 Å². The molecule has 0 aliphatic heterocycles. The maximum atomic E-state index is 5.66. The molecule has 0 atom stereocenters. The highest BCUT2D eigenvalue weighted by atomic mass is 32.2. The molecule has 0 radical (unpaired) electrons. The molecule has 0 unspecified atom stereocenters. The number of ether oxygens (including phenoxy) is 1. The van der Waals surface area contributed by atoms with E-state index in [9.17, 15) is 0 Å². The van der Waals surface area contributed by atoms with Gasteiger partial charge in [0.25, 0.3) is 0 Å². The van der Waals surface area contributed by atoms with Crippen molar-refractivity contribution >= 4 is 11.8 Å². The Kier molecular flexibility index (Phi) is 6.38. The van der Waals surface area contributed by atoms with Crippen LogP contribution in [0.3, 0.4) is 0 Å². The fraction of sp³-hybridized carbons (Fsp3) is 0.294. The van der Waals surface area contributed by atoms with Crippen LogP contribution >= 0.6 is 11.8 Å². The predicted molar refractivity (Wildman–Crippen MR) is 83.0 cm³/mol. The van der Waals surface area contributed by atoms with Crippen molar-refractivity contribution in [2.45, 2.75) is 24.2 Å². The summed E-state index contributed by atoms with van der Waals surface area (Å²) in [5.41, 5.74) is 0. The second-order valence-corrected chi connectivity index (χ2v) is 5.55. The molecule has 2 aromatic carbocycles. The Morgan fingerprint density at radius 3 is 2.16 bits per heavy atom. The Balaban J connectivity index is 1.49. The highest BCUT2D eigenvalue weighted by Gasteiger charge is 1.95. The number of hydrogen-bond acceptors (Lipinski definition) is 2. The molecule has 0 aromatic heterocycles. The molecule has 0 aliphatic rings. The average molecular weight is 272 g/mol. The number of para-hydroxylation sites is 1. The summed E-state index contributed by atoms with van der Waals surface area (Å²) in [6.07, 6.45) is 3.61. The molecule has 1 nitrogen and oxygen atoms in total. The SMILES string of the molecule is c1ccc(OCCCCCSc2ccccc2)cc1. The average Bonchev–Trinajstić information content (AvgIpc) is 2.48. The fourth-order valence-corrected chi connectivity index (χ4v) is 2.73. The summed E-state index contributed by atoms with van der Waals surface area (Å²) in [7, 11) is 0. The Morgan fingerprint density at radius 1 is 0.737 bits per heavy atom. The quantitative estimate of drug-likeness (QED) is 0.492. The molecule has 0 saturated heterocycles. The van der Waals surface area contributed by atoms with Gasteiger partial charge in [0.1, 0.15) is 5.75 Å². The van der Waals surface area contributed by atoms with Crippen molar-refractivity contribution in [3.63, 3.8) is 0 Å². The lowest BCUT2D eigenvalue weighted by Crippen LogP contribution is -1.97. The van der Waals surface area contributed by atoms with Crippen LogP contribution in [-0.2, 0) is 0 Å². The van der Waals surface area contributed by atoms with E-state index in [-0.39, 0.29) is 0 Å². The number of rotatable bonds is 8. The molecule has 2 aromatic rings. The molecule has 0 fully saturated rings. The third-order valence-corrected chi connectivity index (χ3v) is 3.91. The fourth-order valence-electron chi connectivity index (χ4n) is 1.79. The van der Waals surface area contributed by atoms with Gasteiger partial charge in [-0.05, 0) is 49.3 Å². The molecule has 0 saturated carbocycles. The van der Waals surface area contributed by atoms with E-state index in [1.165, 1.54) is 23.5 Å². The van der Waals surface area contributed by atoms with Gasteiger partial charge in [-0.25, -0.2) is 0 Å². The Labute approximate surface area is 120 Å². The summed E-state index contributed by atoms with van der Waals surface area (Å²) in [6, 6.07) is 20.6. The normalized spacial score (nSPS) is 10.3. The lowest BCUT2D eigenvalue weighted by molar-refractivity contribution is 0.306. The molecular formula is C17H20OS. The van der Waals surface area contributed by atoms with Gasteiger partial charge in [-0.1, -0.05) is 36.4 Å². The smallest absolute Gasteiger partial charge is 0.119 e. The molecule has 2 heteroatoms. The first-order chi connectivity index (χ1) is 9.45. The molecule has 100 valence electrons. The van der Waals surface area contributed by atoms with E-state index in [1.807, 2.05) is 42.1 Å². The Hall–Kier alpha value is -1.41. The first-order valence-corrected chi connectivity index (χ1v) is 7.79. The van der Waals surface area contributed by atoms with Crippen LogP contribution in [-0.4, -0.2) is 12.4 Å². The predicted octanol–water partition coefficient (Wildman–Crippen LogP) is 5.03. The van der Waals surface area contributed by atoms with E-state index in [2.05, 4.69) is 30.3 Å². The van der Waals surface area contributed by atoms with Crippen LogP contribution in [0.25, 0.3) is 0 Å². The summed E-state index contributed by atoms with van der Waals surface area (Å²) in [5.74, 6) is 2.16. The van der Waals surface area contributed by atoms with Gasteiger partial charge >= 0.3 is 0 Å². The molecule has 0 N–H and O–H groups in total. The zero-order valence-electron chi connectivity index (χ0n) is 11.1. The molecule has 0 aliphatic carbocycles.